The average molecular weight is 308 g/mol. The summed E-state index contributed by atoms with van der Waals surface area (Å²) in [5, 5.41) is 11.8. The number of anilines is 1. The summed E-state index contributed by atoms with van der Waals surface area (Å²) in [7, 11) is 0. The maximum atomic E-state index is 11.8. The molecule has 0 radical (unpaired) electrons. The summed E-state index contributed by atoms with van der Waals surface area (Å²) in [5.41, 5.74) is 0.733. The molecule has 1 amide bonds. The third-order valence-electron chi connectivity index (χ3n) is 2.71. The number of carboxylic acids is 1. The monoisotopic (exact) mass is 308 g/mol. The van der Waals surface area contributed by atoms with E-state index in [-0.39, 0.29) is 17.5 Å². The van der Waals surface area contributed by atoms with E-state index in [9.17, 15) is 9.59 Å². The van der Waals surface area contributed by atoms with Gasteiger partial charge in [-0.25, -0.2) is 0 Å². The molecule has 2 aliphatic heterocycles. The van der Waals surface area contributed by atoms with E-state index in [0.29, 0.717) is 5.03 Å². The van der Waals surface area contributed by atoms with Crippen LogP contribution in [-0.4, -0.2) is 28.7 Å². The Balaban J connectivity index is 2.08. The molecule has 2 heterocycles. The van der Waals surface area contributed by atoms with Gasteiger partial charge in [-0.05, 0) is 24.4 Å². The van der Waals surface area contributed by atoms with Crippen LogP contribution in [0.4, 0.5) is 5.69 Å². The zero-order valence-electron chi connectivity index (χ0n) is 9.95. The van der Waals surface area contributed by atoms with E-state index < -0.39 is 11.9 Å². The van der Waals surface area contributed by atoms with Crippen LogP contribution >= 0.6 is 24.0 Å². The Morgan fingerprint density at radius 1 is 1.45 bits per heavy atom. The Hall–Kier alpha value is -2.06. The van der Waals surface area contributed by atoms with E-state index in [1.807, 2.05) is 18.2 Å². The van der Waals surface area contributed by atoms with Gasteiger partial charge in [0, 0.05) is 4.90 Å². The second-order valence-corrected chi connectivity index (χ2v) is 5.43. The summed E-state index contributed by atoms with van der Waals surface area (Å²) in [6.45, 7) is -0.258. The van der Waals surface area contributed by atoms with E-state index in [1.165, 1.54) is 16.7 Å². The van der Waals surface area contributed by atoms with Crippen molar-refractivity contribution in [3.8, 4) is 0 Å². The number of carbonyl (C=O) groups is 2. The number of benzene rings is 1. The lowest BCUT2D eigenvalue weighted by molar-refractivity contribution is -0.135. The van der Waals surface area contributed by atoms with Gasteiger partial charge in [0.05, 0.1) is 5.69 Å². The van der Waals surface area contributed by atoms with E-state index in [1.54, 1.807) is 6.07 Å². The zero-order chi connectivity index (χ0) is 14.3. The lowest BCUT2D eigenvalue weighted by atomic mass is 10.3. The fourth-order valence-electron chi connectivity index (χ4n) is 1.95. The smallest absolute Gasteiger partial charge is 0.323 e. The number of rotatable bonds is 2. The molecule has 1 aromatic rings. The van der Waals surface area contributed by atoms with Crippen LogP contribution in [0.15, 0.2) is 39.9 Å². The third-order valence-corrected chi connectivity index (χ3v) is 4.06. The van der Waals surface area contributed by atoms with Crippen LogP contribution in [0.25, 0.3) is 0 Å². The number of amides is 1. The molecule has 6 nitrogen and oxygen atoms in total. The molecular weight excluding hydrogens is 300 g/mol. The predicted octanol–water partition coefficient (Wildman–Crippen LogP) is 1.28. The number of nitrogens with zero attached hydrogens (tertiary/aromatic N) is 1. The highest BCUT2D eigenvalue weighted by atomic mass is 32.2. The number of para-hydroxylation sites is 1. The Labute approximate surface area is 123 Å². The molecule has 1 aromatic carbocycles. The maximum absolute atomic E-state index is 11.8. The standard InChI is InChI=1S/C12H8N2O4S2/c15-8(16)5-14-6-3-1-2-4-7(6)20-11(14)9-10(17)13-12(19)18-9/h1-4H,5H2,(H,15,16)(H,13,17,19)/b11-9+. The Bertz CT molecular complexity index is 671. The van der Waals surface area contributed by atoms with E-state index >= 15 is 0 Å². The van der Waals surface area contributed by atoms with Crippen molar-refractivity contribution in [1.82, 2.24) is 5.32 Å². The summed E-state index contributed by atoms with van der Waals surface area (Å²) >= 11 is 6.08. The first kappa shape index (κ1) is 12.9. The average Bonchev–Trinajstić information content (AvgIpc) is 2.90. The number of hydrogen-bond donors (Lipinski definition) is 2. The molecule has 0 spiro atoms. The van der Waals surface area contributed by atoms with Crippen molar-refractivity contribution in [1.29, 1.82) is 0 Å². The highest BCUT2D eigenvalue weighted by molar-refractivity contribution is 8.03. The number of thioether (sulfide) groups is 1. The van der Waals surface area contributed by atoms with Crippen molar-refractivity contribution in [2.75, 3.05) is 11.4 Å². The predicted molar refractivity (Wildman–Crippen MR) is 76.1 cm³/mol. The molecule has 2 N–H and O–H groups in total. The molecule has 1 fully saturated rings. The van der Waals surface area contributed by atoms with Crippen molar-refractivity contribution >= 4 is 46.7 Å². The number of ether oxygens (including phenoxy) is 1. The van der Waals surface area contributed by atoms with Crippen LogP contribution in [0.3, 0.4) is 0 Å². The number of carbonyl (C=O) groups excluding carboxylic acids is 1. The first-order valence-electron chi connectivity index (χ1n) is 5.60. The maximum Gasteiger partial charge on any atom is 0.323 e. The van der Waals surface area contributed by atoms with Crippen LogP contribution in [0, 0.1) is 0 Å². The van der Waals surface area contributed by atoms with Gasteiger partial charge in [-0.3, -0.25) is 14.9 Å². The molecule has 0 atom stereocenters. The van der Waals surface area contributed by atoms with Gasteiger partial charge in [0.1, 0.15) is 11.6 Å². The topological polar surface area (TPSA) is 78.9 Å². The molecule has 0 aliphatic carbocycles. The second-order valence-electron chi connectivity index (χ2n) is 4.03. The molecule has 0 saturated carbocycles. The van der Waals surface area contributed by atoms with Gasteiger partial charge >= 0.3 is 5.97 Å². The molecule has 8 heteroatoms. The Morgan fingerprint density at radius 2 is 2.20 bits per heavy atom. The number of nitrogens with one attached hydrogen (secondary N) is 1. The molecule has 2 aliphatic rings. The van der Waals surface area contributed by atoms with E-state index in [2.05, 4.69) is 5.32 Å². The summed E-state index contributed by atoms with van der Waals surface area (Å²) in [6, 6.07) is 7.30. The van der Waals surface area contributed by atoms with Gasteiger partial charge in [-0.2, -0.15) is 0 Å². The lowest BCUT2D eigenvalue weighted by Crippen LogP contribution is -2.27. The van der Waals surface area contributed by atoms with Gasteiger partial charge in [0.2, 0.25) is 5.76 Å². The first-order valence-corrected chi connectivity index (χ1v) is 6.82. The van der Waals surface area contributed by atoms with Gasteiger partial charge in [0.15, 0.2) is 0 Å². The number of aliphatic carboxylic acids is 1. The molecule has 102 valence electrons. The van der Waals surface area contributed by atoms with Crippen molar-refractivity contribution in [2.45, 2.75) is 4.90 Å². The minimum absolute atomic E-state index is 0.0238. The van der Waals surface area contributed by atoms with Crippen LogP contribution in [-0.2, 0) is 14.3 Å². The molecule has 0 aromatic heterocycles. The van der Waals surface area contributed by atoms with Crippen molar-refractivity contribution in [2.24, 2.45) is 0 Å². The summed E-state index contributed by atoms with van der Waals surface area (Å²) < 4.78 is 5.20. The quantitative estimate of drug-likeness (QED) is 0.629. The highest BCUT2D eigenvalue weighted by Crippen LogP contribution is 2.47. The molecule has 20 heavy (non-hydrogen) atoms. The lowest BCUT2D eigenvalue weighted by Gasteiger charge is -2.18. The van der Waals surface area contributed by atoms with Gasteiger partial charge in [-0.15, -0.1) is 0 Å². The normalized spacial score (nSPS) is 20.7. The van der Waals surface area contributed by atoms with Crippen LogP contribution in [0.1, 0.15) is 0 Å². The molecule has 1 saturated heterocycles. The Kier molecular flexibility index (Phi) is 3.11. The summed E-state index contributed by atoms with van der Waals surface area (Å²) in [4.78, 5) is 25.2. The van der Waals surface area contributed by atoms with Gasteiger partial charge in [-0.1, -0.05) is 23.9 Å². The van der Waals surface area contributed by atoms with Crippen LogP contribution in [0.5, 0.6) is 0 Å². The summed E-state index contributed by atoms with van der Waals surface area (Å²) in [5.74, 6) is -1.42. The number of thiocarbonyl (C=S) groups is 1. The van der Waals surface area contributed by atoms with E-state index in [4.69, 9.17) is 22.1 Å². The largest absolute Gasteiger partial charge is 0.480 e. The SMILES string of the molecule is O=C(O)CN1/C(=C2\OC(=S)NC2=O)Sc2ccccc21. The molecule has 0 bridgehead atoms. The van der Waals surface area contributed by atoms with Crippen LogP contribution < -0.4 is 10.2 Å². The minimum atomic E-state index is -0.999. The third kappa shape index (κ3) is 2.12. The minimum Gasteiger partial charge on any atom is -0.480 e. The first-order chi connectivity index (χ1) is 9.56. The fourth-order valence-corrected chi connectivity index (χ4v) is 3.26. The highest BCUT2D eigenvalue weighted by Gasteiger charge is 2.36. The van der Waals surface area contributed by atoms with Crippen LogP contribution in [0.2, 0.25) is 0 Å². The van der Waals surface area contributed by atoms with Crippen molar-refractivity contribution < 1.29 is 19.4 Å². The number of fused-ring (bicyclic) bond motifs is 1. The number of carboxylic acid groups (broad SMARTS) is 1. The fraction of sp³-hybridized carbons (Fsp3) is 0.0833. The Morgan fingerprint density at radius 3 is 2.85 bits per heavy atom. The molecular formula is C12H8N2O4S2. The second kappa shape index (κ2) is 4.80. The molecule has 3 rings (SSSR count). The van der Waals surface area contributed by atoms with E-state index in [0.717, 1.165) is 10.6 Å². The van der Waals surface area contributed by atoms with Gasteiger partial charge < -0.3 is 14.7 Å². The number of hydrogen-bond acceptors (Lipinski definition) is 6. The zero-order valence-corrected chi connectivity index (χ0v) is 11.6. The molecule has 0 unspecified atom stereocenters. The van der Waals surface area contributed by atoms with Crippen molar-refractivity contribution in [3.05, 3.63) is 35.1 Å². The van der Waals surface area contributed by atoms with Gasteiger partial charge in [0.25, 0.3) is 11.1 Å². The van der Waals surface area contributed by atoms with Crippen molar-refractivity contribution in [3.63, 3.8) is 0 Å². The summed E-state index contributed by atoms with van der Waals surface area (Å²) in [6.07, 6.45) is 0.